The summed E-state index contributed by atoms with van der Waals surface area (Å²) in [6.45, 7) is 2.22. The largest absolute Gasteiger partial charge is 0.454 e. The number of para-hydroxylation sites is 1. The number of hydrogen-bond donors (Lipinski definition) is 0. The number of benzene rings is 1. The van der Waals surface area contributed by atoms with Crippen LogP contribution in [0.15, 0.2) is 36.7 Å². The summed E-state index contributed by atoms with van der Waals surface area (Å²) in [5.74, 6) is 1.43. The third-order valence-corrected chi connectivity index (χ3v) is 2.19. The minimum absolute atomic E-state index is 0.247. The third-order valence-electron chi connectivity index (χ3n) is 2.19. The van der Waals surface area contributed by atoms with Crippen molar-refractivity contribution in [3.05, 3.63) is 42.2 Å². The van der Waals surface area contributed by atoms with Crippen molar-refractivity contribution in [3.8, 4) is 11.5 Å². The highest BCUT2D eigenvalue weighted by Gasteiger charge is 2.02. The van der Waals surface area contributed by atoms with Crippen molar-refractivity contribution in [2.75, 3.05) is 0 Å². The maximum Gasteiger partial charge on any atom is 0.165 e. The van der Waals surface area contributed by atoms with Crippen LogP contribution in [0.3, 0.4) is 0 Å². The van der Waals surface area contributed by atoms with E-state index in [1.54, 1.807) is 12.4 Å². The maximum atomic E-state index is 10.3. The number of ether oxygens (including phenoxy) is 1. The standard InChI is InChI=1S/C12H12N2O2/c1-10-4-2-3-5-12(10)16-11-8-13-14(9-11)6-7-15/h2-5,7-9H,6H2,1H3. The SMILES string of the molecule is Cc1ccccc1Oc1cnn(CC=O)c1. The summed E-state index contributed by atoms with van der Waals surface area (Å²) in [6.07, 6.45) is 4.08. The molecule has 1 aromatic heterocycles. The average molecular weight is 216 g/mol. The van der Waals surface area contributed by atoms with Crippen molar-refractivity contribution < 1.29 is 9.53 Å². The first-order chi connectivity index (χ1) is 7.79. The van der Waals surface area contributed by atoms with Gasteiger partial charge >= 0.3 is 0 Å². The molecule has 0 saturated carbocycles. The van der Waals surface area contributed by atoms with Gasteiger partial charge in [0.2, 0.25) is 0 Å². The Hall–Kier alpha value is -2.10. The van der Waals surface area contributed by atoms with Crippen LogP contribution in [0, 0.1) is 6.92 Å². The highest BCUT2D eigenvalue weighted by molar-refractivity contribution is 5.49. The number of aryl methyl sites for hydroxylation is 1. The minimum Gasteiger partial charge on any atom is -0.454 e. The van der Waals surface area contributed by atoms with Gasteiger partial charge in [0.05, 0.1) is 18.9 Å². The first-order valence-corrected chi connectivity index (χ1v) is 4.99. The molecule has 0 bridgehead atoms. The number of hydrogen-bond acceptors (Lipinski definition) is 3. The van der Waals surface area contributed by atoms with Crippen molar-refractivity contribution in [1.82, 2.24) is 9.78 Å². The Morgan fingerprint density at radius 3 is 3.00 bits per heavy atom. The summed E-state index contributed by atoms with van der Waals surface area (Å²) in [4.78, 5) is 10.3. The molecule has 0 aliphatic heterocycles. The molecule has 0 amide bonds. The lowest BCUT2D eigenvalue weighted by Crippen LogP contribution is -1.97. The Kier molecular flexibility index (Phi) is 3.00. The van der Waals surface area contributed by atoms with E-state index in [2.05, 4.69) is 5.10 Å². The van der Waals surface area contributed by atoms with Crippen molar-refractivity contribution in [2.24, 2.45) is 0 Å². The lowest BCUT2D eigenvalue weighted by Gasteiger charge is -2.04. The highest BCUT2D eigenvalue weighted by atomic mass is 16.5. The van der Waals surface area contributed by atoms with Gasteiger partial charge in [0, 0.05) is 0 Å². The smallest absolute Gasteiger partial charge is 0.165 e. The van der Waals surface area contributed by atoms with Crippen LogP contribution in [0.25, 0.3) is 0 Å². The number of aromatic nitrogens is 2. The molecule has 0 aliphatic carbocycles. The average Bonchev–Trinajstić information content (AvgIpc) is 2.70. The van der Waals surface area contributed by atoms with E-state index in [9.17, 15) is 4.79 Å². The molecule has 0 unspecified atom stereocenters. The van der Waals surface area contributed by atoms with Crippen molar-refractivity contribution >= 4 is 6.29 Å². The van der Waals surface area contributed by atoms with Gasteiger partial charge in [-0.2, -0.15) is 5.10 Å². The van der Waals surface area contributed by atoms with Crippen LogP contribution in [0.2, 0.25) is 0 Å². The second kappa shape index (κ2) is 4.61. The molecule has 1 aromatic carbocycles. The van der Waals surface area contributed by atoms with E-state index in [1.165, 1.54) is 4.68 Å². The Labute approximate surface area is 93.5 Å². The maximum absolute atomic E-state index is 10.3. The molecule has 0 radical (unpaired) electrons. The van der Waals surface area contributed by atoms with E-state index in [0.29, 0.717) is 5.75 Å². The van der Waals surface area contributed by atoms with E-state index < -0.39 is 0 Å². The van der Waals surface area contributed by atoms with Gasteiger partial charge in [0.15, 0.2) is 5.75 Å². The van der Waals surface area contributed by atoms with Crippen molar-refractivity contribution in [3.63, 3.8) is 0 Å². The van der Waals surface area contributed by atoms with Gasteiger partial charge in [-0.1, -0.05) is 18.2 Å². The molecule has 82 valence electrons. The molecule has 0 saturated heterocycles. The predicted molar refractivity (Wildman–Crippen MR) is 59.5 cm³/mol. The predicted octanol–water partition coefficient (Wildman–Crippen LogP) is 2.18. The van der Waals surface area contributed by atoms with Gasteiger partial charge in [-0.15, -0.1) is 0 Å². The van der Waals surface area contributed by atoms with Crippen LogP contribution in [-0.2, 0) is 11.3 Å². The van der Waals surface area contributed by atoms with Crippen molar-refractivity contribution in [1.29, 1.82) is 0 Å². The normalized spacial score (nSPS) is 10.1. The van der Waals surface area contributed by atoms with Gasteiger partial charge in [-0.05, 0) is 18.6 Å². The molecule has 1 heterocycles. The van der Waals surface area contributed by atoms with E-state index >= 15 is 0 Å². The summed E-state index contributed by atoms with van der Waals surface area (Å²) < 4.78 is 7.17. The van der Waals surface area contributed by atoms with Gasteiger partial charge in [0.25, 0.3) is 0 Å². The Balaban J connectivity index is 2.14. The fraction of sp³-hybridized carbons (Fsp3) is 0.167. The molecule has 2 aromatic rings. The first kappa shape index (κ1) is 10.4. The van der Waals surface area contributed by atoms with E-state index in [4.69, 9.17) is 4.74 Å². The second-order valence-electron chi connectivity index (χ2n) is 3.43. The molecule has 0 fully saturated rings. The van der Waals surface area contributed by atoms with E-state index in [1.807, 2.05) is 31.2 Å². The highest BCUT2D eigenvalue weighted by Crippen LogP contribution is 2.23. The summed E-state index contributed by atoms with van der Waals surface area (Å²) in [7, 11) is 0. The van der Waals surface area contributed by atoms with E-state index in [0.717, 1.165) is 17.6 Å². The zero-order valence-corrected chi connectivity index (χ0v) is 8.96. The third kappa shape index (κ3) is 2.28. The number of carbonyl (C=O) groups excluding carboxylic acids is 1. The summed E-state index contributed by atoms with van der Waals surface area (Å²) in [5.41, 5.74) is 1.06. The number of aldehydes is 1. The van der Waals surface area contributed by atoms with Crippen LogP contribution < -0.4 is 4.74 Å². The monoisotopic (exact) mass is 216 g/mol. The quantitative estimate of drug-likeness (QED) is 0.736. The molecule has 0 atom stereocenters. The molecule has 0 aliphatic rings. The molecular formula is C12H12N2O2. The molecule has 0 N–H and O–H groups in total. The van der Waals surface area contributed by atoms with Crippen LogP contribution >= 0.6 is 0 Å². The molecule has 4 nitrogen and oxygen atoms in total. The Bertz CT molecular complexity index is 491. The Morgan fingerprint density at radius 1 is 1.44 bits per heavy atom. The number of carbonyl (C=O) groups is 1. The Morgan fingerprint density at radius 2 is 2.25 bits per heavy atom. The van der Waals surface area contributed by atoms with Gasteiger partial charge in [-0.25, -0.2) is 0 Å². The van der Waals surface area contributed by atoms with Crippen molar-refractivity contribution in [2.45, 2.75) is 13.5 Å². The van der Waals surface area contributed by atoms with Crippen LogP contribution in [0.4, 0.5) is 0 Å². The summed E-state index contributed by atoms with van der Waals surface area (Å²) >= 11 is 0. The van der Waals surface area contributed by atoms with Gasteiger partial charge < -0.3 is 9.53 Å². The fourth-order valence-corrected chi connectivity index (χ4v) is 1.37. The molecular weight excluding hydrogens is 204 g/mol. The molecule has 2 rings (SSSR count). The molecule has 0 spiro atoms. The summed E-state index contributed by atoms with van der Waals surface area (Å²) in [6, 6.07) is 7.74. The topological polar surface area (TPSA) is 44.1 Å². The van der Waals surface area contributed by atoms with Crippen LogP contribution in [0.5, 0.6) is 11.5 Å². The fourth-order valence-electron chi connectivity index (χ4n) is 1.37. The lowest BCUT2D eigenvalue weighted by atomic mass is 10.2. The second-order valence-corrected chi connectivity index (χ2v) is 3.43. The first-order valence-electron chi connectivity index (χ1n) is 4.99. The number of nitrogens with zero attached hydrogens (tertiary/aromatic N) is 2. The summed E-state index contributed by atoms with van der Waals surface area (Å²) in [5, 5.41) is 3.99. The minimum atomic E-state index is 0.247. The molecule has 16 heavy (non-hydrogen) atoms. The zero-order chi connectivity index (χ0) is 11.4. The van der Waals surface area contributed by atoms with Gasteiger partial charge in [0.1, 0.15) is 12.0 Å². The van der Waals surface area contributed by atoms with Crippen LogP contribution in [-0.4, -0.2) is 16.1 Å². The molecule has 4 heteroatoms. The zero-order valence-electron chi connectivity index (χ0n) is 8.96. The number of rotatable bonds is 4. The van der Waals surface area contributed by atoms with Crippen LogP contribution in [0.1, 0.15) is 5.56 Å². The van der Waals surface area contributed by atoms with Gasteiger partial charge in [-0.3, -0.25) is 4.68 Å². The lowest BCUT2D eigenvalue weighted by molar-refractivity contribution is -0.108. The van der Waals surface area contributed by atoms with E-state index in [-0.39, 0.29) is 6.54 Å².